The first-order valence-corrected chi connectivity index (χ1v) is 17.7. The minimum atomic E-state index is -1.38. The predicted molar refractivity (Wildman–Crippen MR) is 190 cm³/mol. The average Bonchev–Trinajstić information content (AvgIpc) is 3.68. The third kappa shape index (κ3) is 6.58. The molecular weight excluding hydrogens is 714 g/mol. The first kappa shape index (κ1) is 36.8. The number of carbonyl (C=O) groups excluding carboxylic acids is 4. The standard InChI is InChI=1S/C37H43BrClN3O7/c1-6-8-17-27(44)40(5)23(4)31(24-14-10-9-11-15-24)48-36(47)28-29-34(45)42(19-20-43)33(37(29)21-25(38)32(28)49-37)35(46)41(18-7-2)30-22(3)13-12-16-26(30)39/h6-7,9-16,23,25,28-29,31-33,43H,1-2,8,17-21H2,3-5H3/t23-,25?,28-,29+,31+,32-,33-,37+/m0/s1. The summed E-state index contributed by atoms with van der Waals surface area (Å²) < 4.78 is 12.9. The van der Waals surface area contributed by atoms with Crippen LogP contribution in [-0.2, 0) is 28.7 Å². The van der Waals surface area contributed by atoms with Crippen LogP contribution in [0.25, 0.3) is 0 Å². The van der Waals surface area contributed by atoms with Gasteiger partial charge in [0.2, 0.25) is 11.8 Å². The van der Waals surface area contributed by atoms with Crippen molar-refractivity contribution in [2.75, 3.05) is 31.6 Å². The van der Waals surface area contributed by atoms with Gasteiger partial charge < -0.3 is 29.3 Å². The number of likely N-dealkylation sites (tertiary alicyclic amines) is 1. The molecule has 0 saturated carbocycles. The second-order valence-corrected chi connectivity index (χ2v) is 14.5. The summed E-state index contributed by atoms with van der Waals surface area (Å²) in [6.07, 6.45) is 2.68. The number of nitrogens with zero attached hydrogens (tertiary/aromatic N) is 3. The molecule has 1 unspecified atom stereocenters. The third-order valence-electron chi connectivity index (χ3n) is 10.0. The van der Waals surface area contributed by atoms with E-state index in [1.54, 1.807) is 36.2 Å². The molecule has 2 aromatic carbocycles. The number of aliphatic hydroxyl groups excluding tert-OH is 1. The Hall–Kier alpha value is -3.51. The van der Waals surface area contributed by atoms with E-state index in [9.17, 15) is 24.3 Å². The molecule has 12 heteroatoms. The fourth-order valence-electron chi connectivity index (χ4n) is 7.68. The van der Waals surface area contributed by atoms with Crippen molar-refractivity contribution in [3.63, 3.8) is 0 Å². The van der Waals surface area contributed by atoms with Crippen LogP contribution in [0.5, 0.6) is 0 Å². The Bertz CT molecular complexity index is 1590. The van der Waals surface area contributed by atoms with E-state index in [2.05, 4.69) is 29.1 Å². The molecule has 3 amide bonds. The zero-order valence-corrected chi connectivity index (χ0v) is 30.3. The van der Waals surface area contributed by atoms with E-state index in [0.717, 1.165) is 5.56 Å². The summed E-state index contributed by atoms with van der Waals surface area (Å²) >= 11 is 10.3. The number of aryl methyl sites for hydroxylation is 1. The highest BCUT2D eigenvalue weighted by Crippen LogP contribution is 2.60. The number of halogens is 2. The Kier molecular flexibility index (Phi) is 11.4. The predicted octanol–water partition coefficient (Wildman–Crippen LogP) is 5.01. The molecule has 8 atom stereocenters. The molecule has 49 heavy (non-hydrogen) atoms. The maximum absolute atomic E-state index is 14.7. The van der Waals surface area contributed by atoms with E-state index in [4.69, 9.17) is 21.1 Å². The average molecular weight is 757 g/mol. The number of hydrogen-bond donors (Lipinski definition) is 1. The smallest absolute Gasteiger partial charge is 0.313 e. The number of anilines is 1. The molecule has 3 aliphatic rings. The molecule has 0 aromatic heterocycles. The minimum Gasteiger partial charge on any atom is -0.455 e. The maximum atomic E-state index is 14.7. The molecule has 3 saturated heterocycles. The molecule has 10 nitrogen and oxygen atoms in total. The second-order valence-electron chi connectivity index (χ2n) is 12.9. The number of hydrogen-bond acceptors (Lipinski definition) is 7. The van der Waals surface area contributed by atoms with Gasteiger partial charge in [0.05, 0.1) is 41.3 Å². The molecule has 2 bridgehead atoms. The van der Waals surface area contributed by atoms with E-state index in [1.165, 1.54) is 9.80 Å². The van der Waals surface area contributed by atoms with E-state index >= 15 is 0 Å². The van der Waals surface area contributed by atoms with Crippen molar-refractivity contribution in [2.45, 2.75) is 67.8 Å². The van der Waals surface area contributed by atoms with Crippen LogP contribution in [-0.4, -0.2) is 94.0 Å². The first-order chi connectivity index (χ1) is 23.4. The zero-order valence-electron chi connectivity index (χ0n) is 28.0. The fraction of sp³-hybridized carbons (Fsp3) is 0.459. The van der Waals surface area contributed by atoms with Crippen molar-refractivity contribution in [2.24, 2.45) is 11.8 Å². The Morgan fingerprint density at radius 1 is 1.18 bits per heavy atom. The molecule has 1 N–H and O–H groups in total. The van der Waals surface area contributed by atoms with Gasteiger partial charge in [0.1, 0.15) is 17.7 Å². The topological polar surface area (TPSA) is 117 Å². The summed E-state index contributed by atoms with van der Waals surface area (Å²) in [6.45, 7) is 10.8. The Balaban J connectivity index is 1.52. The van der Waals surface area contributed by atoms with Crippen LogP contribution in [0.1, 0.15) is 43.4 Å². The molecule has 5 rings (SSSR count). The SMILES string of the molecule is C=CCCC(=O)N(C)[C@@H](C)[C@@H](OC(=O)[C@@H]1[C@H]2O[C@@]3(CC2Br)[C@H](C(=O)N(CC=C)c2c(C)cccc2Cl)N(CCO)C(=O)[C@@H]13)c1ccccc1. The van der Waals surface area contributed by atoms with Crippen LogP contribution < -0.4 is 4.90 Å². The van der Waals surface area contributed by atoms with E-state index < -0.39 is 66.1 Å². The Labute approximate surface area is 300 Å². The van der Waals surface area contributed by atoms with Crippen molar-refractivity contribution in [1.29, 1.82) is 0 Å². The van der Waals surface area contributed by atoms with Gasteiger partial charge in [0.25, 0.3) is 5.91 Å². The zero-order chi connectivity index (χ0) is 35.6. The number of fused-ring (bicyclic) bond motifs is 1. The van der Waals surface area contributed by atoms with Crippen LogP contribution in [0.3, 0.4) is 0 Å². The highest BCUT2D eigenvalue weighted by atomic mass is 79.9. The van der Waals surface area contributed by atoms with Gasteiger partial charge in [0.15, 0.2) is 0 Å². The minimum absolute atomic E-state index is 0.101. The molecule has 3 heterocycles. The fourth-order valence-corrected chi connectivity index (χ4v) is 8.95. The quantitative estimate of drug-likeness (QED) is 0.164. The Morgan fingerprint density at radius 2 is 1.90 bits per heavy atom. The lowest BCUT2D eigenvalue weighted by Crippen LogP contribution is -2.57. The summed E-state index contributed by atoms with van der Waals surface area (Å²) in [7, 11) is 1.67. The summed E-state index contributed by atoms with van der Waals surface area (Å²) in [6, 6.07) is 12.7. The number of amides is 3. The maximum Gasteiger partial charge on any atom is 0.313 e. The molecule has 262 valence electrons. The molecule has 3 fully saturated rings. The van der Waals surface area contributed by atoms with Crippen LogP contribution in [0, 0.1) is 18.8 Å². The number of aliphatic hydroxyl groups is 1. The molecule has 0 aliphatic carbocycles. The number of carbonyl (C=O) groups is 4. The monoisotopic (exact) mass is 755 g/mol. The lowest BCUT2D eigenvalue weighted by molar-refractivity contribution is -0.164. The van der Waals surface area contributed by atoms with Gasteiger partial charge in [-0.05, 0) is 43.9 Å². The van der Waals surface area contributed by atoms with Crippen molar-refractivity contribution in [3.05, 3.63) is 90.0 Å². The molecule has 1 spiro atoms. The number of esters is 1. The number of β-amino-alcohol motifs (C(OH)–C–C–N with tert-alkyl or cyclic N) is 1. The molecule has 2 aromatic rings. The normalized spacial score (nSPS) is 26.5. The lowest BCUT2D eigenvalue weighted by atomic mass is 9.70. The van der Waals surface area contributed by atoms with Crippen LogP contribution >= 0.6 is 27.5 Å². The van der Waals surface area contributed by atoms with Crippen molar-refractivity contribution in [3.8, 4) is 0 Å². The number of para-hydroxylation sites is 1. The largest absolute Gasteiger partial charge is 0.455 e. The summed E-state index contributed by atoms with van der Waals surface area (Å²) in [5, 5.41) is 10.4. The molecular formula is C37H43BrClN3O7. The highest BCUT2D eigenvalue weighted by molar-refractivity contribution is 9.09. The summed E-state index contributed by atoms with van der Waals surface area (Å²) in [5.74, 6) is -3.81. The van der Waals surface area contributed by atoms with Gasteiger partial charge in [-0.3, -0.25) is 19.2 Å². The summed E-state index contributed by atoms with van der Waals surface area (Å²) in [5.41, 5.74) is 0.533. The van der Waals surface area contributed by atoms with Crippen LogP contribution in [0.15, 0.2) is 73.8 Å². The van der Waals surface area contributed by atoms with Crippen LogP contribution in [0.2, 0.25) is 5.02 Å². The second kappa shape index (κ2) is 15.2. The number of allylic oxidation sites excluding steroid dienone is 1. The molecule has 3 aliphatic heterocycles. The van der Waals surface area contributed by atoms with Gasteiger partial charge in [-0.25, -0.2) is 0 Å². The van der Waals surface area contributed by atoms with Crippen molar-refractivity contribution >= 4 is 56.9 Å². The Morgan fingerprint density at radius 3 is 2.53 bits per heavy atom. The van der Waals surface area contributed by atoms with E-state index in [-0.39, 0.29) is 36.7 Å². The number of benzene rings is 2. The van der Waals surface area contributed by atoms with Gasteiger partial charge in [-0.2, -0.15) is 0 Å². The number of alkyl halides is 1. The molecule has 0 radical (unpaired) electrons. The van der Waals surface area contributed by atoms with Gasteiger partial charge in [-0.1, -0.05) is 82.1 Å². The van der Waals surface area contributed by atoms with Crippen molar-refractivity contribution < 1.29 is 33.8 Å². The van der Waals surface area contributed by atoms with Gasteiger partial charge in [-0.15, -0.1) is 13.2 Å². The number of ether oxygens (including phenoxy) is 2. The van der Waals surface area contributed by atoms with E-state index in [1.807, 2.05) is 50.2 Å². The van der Waals surface area contributed by atoms with Crippen LogP contribution in [0.4, 0.5) is 5.69 Å². The van der Waals surface area contributed by atoms with Gasteiger partial charge in [0, 0.05) is 31.4 Å². The highest BCUT2D eigenvalue weighted by Gasteiger charge is 2.77. The third-order valence-corrected chi connectivity index (χ3v) is 11.2. The van der Waals surface area contributed by atoms with Gasteiger partial charge >= 0.3 is 5.97 Å². The van der Waals surface area contributed by atoms with Crippen molar-refractivity contribution in [1.82, 2.24) is 9.80 Å². The number of rotatable bonds is 14. The lowest BCUT2D eigenvalue weighted by Gasteiger charge is -2.37. The van der Waals surface area contributed by atoms with E-state index in [0.29, 0.717) is 22.7 Å². The first-order valence-electron chi connectivity index (χ1n) is 16.5. The number of likely N-dealkylation sites (N-methyl/N-ethyl adjacent to an activating group) is 1. The summed E-state index contributed by atoms with van der Waals surface area (Å²) in [4.78, 5) is 60.5.